The maximum Gasteiger partial charge on any atom is 0.278 e. The van der Waals surface area contributed by atoms with Crippen LogP contribution >= 0.6 is 11.6 Å². The third kappa shape index (κ3) is 7.24. The Morgan fingerprint density at radius 3 is 2.31 bits per heavy atom. The van der Waals surface area contributed by atoms with Gasteiger partial charge in [-0.2, -0.15) is 9.94 Å². The van der Waals surface area contributed by atoms with Gasteiger partial charge >= 0.3 is 0 Å². The van der Waals surface area contributed by atoms with Crippen LogP contribution in [-0.4, -0.2) is 105 Å². The van der Waals surface area contributed by atoms with Gasteiger partial charge in [0.05, 0.1) is 27.6 Å². The molecule has 2 aromatic carbocycles. The number of benzene rings is 2. The summed E-state index contributed by atoms with van der Waals surface area (Å²) < 4.78 is 7.57. The van der Waals surface area contributed by atoms with Gasteiger partial charge in [-0.3, -0.25) is 24.1 Å². The van der Waals surface area contributed by atoms with Crippen LogP contribution in [0, 0.1) is 33.5 Å². The second-order valence-corrected chi connectivity index (χ2v) is 19.8. The van der Waals surface area contributed by atoms with Crippen LogP contribution in [0.5, 0.6) is 5.75 Å². The first-order chi connectivity index (χ1) is 29.6. The van der Waals surface area contributed by atoms with Crippen molar-refractivity contribution >= 4 is 51.7 Å². The third-order valence-corrected chi connectivity index (χ3v) is 14.8. The summed E-state index contributed by atoms with van der Waals surface area (Å²) in [5.74, 6) is 0.804. The second-order valence-electron chi connectivity index (χ2n) is 19.4. The zero-order valence-electron chi connectivity index (χ0n) is 35.7. The van der Waals surface area contributed by atoms with Gasteiger partial charge in [-0.05, 0) is 85.9 Å². The number of amides is 3. The number of nitrogens with two attached hydrogens (primary N) is 1. The summed E-state index contributed by atoms with van der Waals surface area (Å²) in [6.07, 6.45) is 5.86. The molecule has 0 radical (unpaired) electrons. The number of imide groups is 1. The van der Waals surface area contributed by atoms with Crippen LogP contribution < -0.4 is 25.8 Å². The number of rotatable bonds is 9. The van der Waals surface area contributed by atoms with E-state index < -0.39 is 46.4 Å². The van der Waals surface area contributed by atoms with Crippen LogP contribution in [0.2, 0.25) is 5.02 Å². The normalized spacial score (nSPS) is 24.7. The van der Waals surface area contributed by atoms with Crippen molar-refractivity contribution in [1.29, 1.82) is 5.26 Å². The first-order valence-electron chi connectivity index (χ1n) is 21.7. The summed E-state index contributed by atoms with van der Waals surface area (Å²) in [7, 11) is 0. The van der Waals surface area contributed by atoms with E-state index in [9.17, 15) is 24.4 Å². The highest BCUT2D eigenvalue weighted by Gasteiger charge is 2.68. The Morgan fingerprint density at radius 1 is 0.935 bits per heavy atom. The van der Waals surface area contributed by atoms with Crippen molar-refractivity contribution < 1.29 is 19.1 Å². The highest BCUT2D eigenvalue weighted by Crippen LogP contribution is 2.59. The highest BCUT2D eigenvalue weighted by atomic mass is 35.5. The van der Waals surface area contributed by atoms with Gasteiger partial charge < -0.3 is 25.2 Å². The minimum absolute atomic E-state index is 0.0866. The Bertz CT molecular complexity index is 2510. The Morgan fingerprint density at radius 2 is 1.66 bits per heavy atom. The fourth-order valence-electron chi connectivity index (χ4n) is 11.6. The summed E-state index contributed by atoms with van der Waals surface area (Å²) in [6.45, 7) is 15.0. The molecule has 2 aromatic heterocycles. The van der Waals surface area contributed by atoms with Gasteiger partial charge in [0.1, 0.15) is 35.3 Å². The van der Waals surface area contributed by atoms with Gasteiger partial charge in [-0.15, -0.1) is 5.10 Å². The molecule has 4 aliphatic heterocycles. The van der Waals surface area contributed by atoms with Crippen LogP contribution in [0.15, 0.2) is 59.5 Å². The van der Waals surface area contributed by atoms with Crippen molar-refractivity contribution in [2.75, 3.05) is 55.6 Å². The topological polar surface area (TPSA) is 184 Å². The predicted molar refractivity (Wildman–Crippen MR) is 234 cm³/mol. The number of ether oxygens (including phenoxy) is 1. The molecule has 16 heteroatoms. The molecule has 15 nitrogen and oxygen atoms in total. The van der Waals surface area contributed by atoms with Gasteiger partial charge in [-0.25, -0.2) is 4.98 Å². The van der Waals surface area contributed by atoms with Crippen LogP contribution in [0.3, 0.4) is 0 Å². The number of piperidine rings is 3. The number of carbonyl (C=O) groups is 3. The van der Waals surface area contributed by atoms with E-state index in [0.29, 0.717) is 39.1 Å². The Hall–Kier alpha value is -5.59. The molecule has 4 saturated heterocycles. The third-order valence-electron chi connectivity index (χ3n) is 14.5. The number of anilines is 2. The number of nitrogens with zero attached hydrogens (tertiary/aromatic N) is 9. The number of pyridine rings is 1. The molecule has 5 aliphatic rings. The van der Waals surface area contributed by atoms with Crippen molar-refractivity contribution in [2.45, 2.75) is 84.4 Å². The SMILES string of the molecule is CC1(C)C(Oc2ccc(C#N)c(Cl)c2)C(C)(C)C1N1C(=O)CCC(n2nnc3cc(N4CCC(CN5CC6(CCN(c7ccc(C(N)=O)cn7)CC6)C5)CC4)ccc3c2=O)C1=O. The van der Waals surface area contributed by atoms with Crippen molar-refractivity contribution in [3.63, 3.8) is 0 Å². The molecule has 4 aromatic rings. The Labute approximate surface area is 365 Å². The molecule has 2 N–H and O–H groups in total. The number of hydrogen-bond acceptors (Lipinski definition) is 12. The fraction of sp³-hybridized carbons (Fsp3) is 0.522. The molecule has 324 valence electrons. The fourth-order valence-corrected chi connectivity index (χ4v) is 11.8. The predicted octanol–water partition coefficient (Wildman–Crippen LogP) is 5.20. The van der Waals surface area contributed by atoms with Gasteiger partial charge in [0.25, 0.3) is 11.5 Å². The minimum atomic E-state index is -0.972. The molecule has 1 saturated carbocycles. The molecule has 1 atom stereocenters. The molecule has 5 fully saturated rings. The zero-order chi connectivity index (χ0) is 43.7. The standard InChI is InChI=1S/C46H53ClN10O5/c1-44(2)42(45(3,4)43(44)62-32-8-5-29(23-48)34(47)22-32)56-38(58)12-10-36(41(56)61)57-40(60)33-9-7-31(21-35(33)51-52-57)54-17-13-28(14-18-54)25-53-26-46(27-53)15-19-55(20-16-46)37-11-6-30(24-50-37)39(49)59/h5-9,11,21-22,24,28,36,42-43H,10,12-20,25-27H2,1-4H3,(H2,49,59). The lowest BCUT2D eigenvalue weighted by Crippen LogP contribution is -2.77. The van der Waals surface area contributed by atoms with E-state index in [1.165, 1.54) is 4.90 Å². The summed E-state index contributed by atoms with van der Waals surface area (Å²) in [5.41, 5.74) is 6.29. The number of hydrogen-bond donors (Lipinski definition) is 1. The van der Waals surface area contributed by atoms with E-state index in [-0.39, 0.29) is 23.8 Å². The Balaban J connectivity index is 0.799. The number of fused-ring (bicyclic) bond motifs is 1. The smallest absolute Gasteiger partial charge is 0.278 e. The lowest BCUT2D eigenvalue weighted by atomic mass is 9.48. The molecular weight excluding hydrogens is 808 g/mol. The molecule has 9 rings (SSSR count). The van der Waals surface area contributed by atoms with Crippen molar-refractivity contribution in [1.82, 2.24) is 29.8 Å². The van der Waals surface area contributed by atoms with Crippen LogP contribution in [0.1, 0.15) is 88.2 Å². The zero-order valence-corrected chi connectivity index (χ0v) is 36.5. The number of nitriles is 1. The van der Waals surface area contributed by atoms with Crippen LogP contribution in [0.25, 0.3) is 10.9 Å². The lowest BCUT2D eigenvalue weighted by molar-refractivity contribution is -0.216. The molecule has 1 aliphatic carbocycles. The van der Waals surface area contributed by atoms with Crippen LogP contribution in [-0.2, 0) is 9.59 Å². The maximum absolute atomic E-state index is 14.3. The average molecular weight is 861 g/mol. The summed E-state index contributed by atoms with van der Waals surface area (Å²) >= 11 is 6.28. The first kappa shape index (κ1) is 41.7. The molecule has 0 bridgehead atoms. The van der Waals surface area contributed by atoms with Gasteiger partial charge in [0.2, 0.25) is 11.8 Å². The van der Waals surface area contributed by atoms with E-state index in [0.717, 1.165) is 87.7 Å². The lowest BCUT2D eigenvalue weighted by Gasteiger charge is -2.65. The van der Waals surface area contributed by atoms with E-state index in [1.807, 2.05) is 45.9 Å². The van der Waals surface area contributed by atoms with E-state index in [2.05, 4.69) is 36.1 Å². The monoisotopic (exact) mass is 860 g/mol. The molecule has 3 amide bonds. The van der Waals surface area contributed by atoms with Crippen molar-refractivity contribution in [2.24, 2.45) is 27.9 Å². The summed E-state index contributed by atoms with van der Waals surface area (Å²) in [4.78, 5) is 66.4. The highest BCUT2D eigenvalue weighted by molar-refractivity contribution is 6.31. The van der Waals surface area contributed by atoms with E-state index in [4.69, 9.17) is 22.1 Å². The Kier molecular flexibility index (Phi) is 10.5. The molecule has 1 unspecified atom stereocenters. The maximum atomic E-state index is 14.3. The molecule has 1 spiro atoms. The van der Waals surface area contributed by atoms with Crippen molar-refractivity contribution in [3.8, 4) is 11.8 Å². The van der Waals surface area contributed by atoms with E-state index in [1.54, 1.807) is 36.5 Å². The van der Waals surface area contributed by atoms with E-state index >= 15 is 0 Å². The average Bonchev–Trinajstić information content (AvgIpc) is 3.24. The number of likely N-dealkylation sites (tertiary alicyclic amines) is 2. The van der Waals surface area contributed by atoms with Gasteiger partial charge in [0, 0.05) is 81.0 Å². The quantitative estimate of drug-likeness (QED) is 0.218. The second kappa shape index (κ2) is 15.6. The molecule has 6 heterocycles. The number of carbonyl (C=O) groups excluding carboxylic acids is 3. The first-order valence-corrected chi connectivity index (χ1v) is 22.1. The van der Waals surface area contributed by atoms with Crippen LogP contribution in [0.4, 0.5) is 11.5 Å². The molecule has 62 heavy (non-hydrogen) atoms. The summed E-state index contributed by atoms with van der Waals surface area (Å²) in [6, 6.07) is 14.8. The van der Waals surface area contributed by atoms with Gasteiger partial charge in [-0.1, -0.05) is 44.5 Å². The minimum Gasteiger partial charge on any atom is -0.489 e. The largest absolute Gasteiger partial charge is 0.489 e. The summed E-state index contributed by atoms with van der Waals surface area (Å²) in [5, 5.41) is 18.7. The molecular formula is C46H53ClN10O5. The van der Waals surface area contributed by atoms with Crippen molar-refractivity contribution in [3.05, 3.63) is 81.2 Å². The number of primary amides is 1. The number of aromatic nitrogens is 4. The number of halogens is 1. The van der Waals surface area contributed by atoms with Gasteiger partial charge in [0.15, 0.2) is 0 Å².